The van der Waals surface area contributed by atoms with E-state index in [1.54, 1.807) is 11.4 Å². The summed E-state index contributed by atoms with van der Waals surface area (Å²) in [5.74, 6) is 0. The molecular formula is C6H15NO2S. The van der Waals surface area contributed by atoms with Gasteiger partial charge in [-0.2, -0.15) is 0 Å². The second-order valence-corrected chi connectivity index (χ2v) is 2.67. The van der Waals surface area contributed by atoms with Crippen molar-refractivity contribution in [3.8, 4) is 0 Å². The summed E-state index contributed by atoms with van der Waals surface area (Å²) < 4.78 is 11.7. The Morgan fingerprint density at radius 1 is 1.30 bits per heavy atom. The summed E-state index contributed by atoms with van der Waals surface area (Å²) in [6.07, 6.45) is 0. The summed E-state index contributed by atoms with van der Waals surface area (Å²) in [6, 6.07) is 0. The Kier molecular flexibility index (Phi) is 7.51. The lowest BCUT2D eigenvalue weighted by atomic mass is 10.7. The van der Waals surface area contributed by atoms with E-state index in [2.05, 4.69) is 12.8 Å². The monoisotopic (exact) mass is 165 g/mol. The van der Waals surface area contributed by atoms with Crippen LogP contribution in [0.1, 0.15) is 0 Å². The maximum absolute atomic E-state index is 5.17. The Bertz CT molecular complexity index is 70.8. The van der Waals surface area contributed by atoms with E-state index in [-0.39, 0.29) is 0 Å². The minimum Gasteiger partial charge on any atom is -0.382 e. The minimum absolute atomic E-state index is 0.663. The van der Waals surface area contributed by atoms with Gasteiger partial charge in [0.2, 0.25) is 0 Å². The van der Waals surface area contributed by atoms with Crippen molar-refractivity contribution in [3.05, 3.63) is 0 Å². The predicted octanol–water partition coefficient (Wildman–Crippen LogP) is 0.426. The van der Waals surface area contributed by atoms with E-state index < -0.39 is 0 Å². The SMILES string of the molecule is COCCOCCN(C)S. The molecule has 0 rings (SSSR count). The maximum Gasteiger partial charge on any atom is 0.0700 e. The molecule has 0 aromatic rings. The molecule has 0 N–H and O–H groups in total. The predicted molar refractivity (Wildman–Crippen MR) is 44.3 cm³/mol. The molecule has 0 aromatic heterocycles. The molecular weight excluding hydrogens is 150 g/mol. The van der Waals surface area contributed by atoms with Crippen molar-refractivity contribution in [1.82, 2.24) is 4.31 Å². The average molecular weight is 165 g/mol. The maximum atomic E-state index is 5.17. The van der Waals surface area contributed by atoms with Crippen molar-refractivity contribution < 1.29 is 9.47 Å². The summed E-state index contributed by atoms with van der Waals surface area (Å²) in [6.45, 7) is 2.88. The van der Waals surface area contributed by atoms with E-state index >= 15 is 0 Å². The van der Waals surface area contributed by atoms with Gasteiger partial charge in [-0.05, 0) is 7.05 Å². The van der Waals surface area contributed by atoms with Gasteiger partial charge >= 0.3 is 0 Å². The number of hydrogen-bond acceptors (Lipinski definition) is 4. The minimum atomic E-state index is 0.663. The van der Waals surface area contributed by atoms with Crippen molar-refractivity contribution in [2.75, 3.05) is 40.5 Å². The molecule has 0 fully saturated rings. The van der Waals surface area contributed by atoms with Crippen LogP contribution in [0.15, 0.2) is 0 Å². The van der Waals surface area contributed by atoms with E-state index in [0.29, 0.717) is 19.8 Å². The number of thiol groups is 1. The summed E-state index contributed by atoms with van der Waals surface area (Å²) >= 11 is 4.05. The third kappa shape index (κ3) is 8.23. The van der Waals surface area contributed by atoms with Crippen LogP contribution in [0.3, 0.4) is 0 Å². The van der Waals surface area contributed by atoms with Crippen molar-refractivity contribution in [2.24, 2.45) is 0 Å². The van der Waals surface area contributed by atoms with Crippen LogP contribution >= 0.6 is 12.8 Å². The number of likely N-dealkylation sites (N-methyl/N-ethyl adjacent to an activating group) is 1. The zero-order valence-electron chi connectivity index (χ0n) is 6.54. The molecule has 0 saturated heterocycles. The highest BCUT2D eigenvalue weighted by atomic mass is 32.1. The lowest BCUT2D eigenvalue weighted by Gasteiger charge is -2.07. The Morgan fingerprint density at radius 2 is 2.00 bits per heavy atom. The van der Waals surface area contributed by atoms with Gasteiger partial charge in [0.15, 0.2) is 0 Å². The van der Waals surface area contributed by atoms with Crippen LogP contribution in [-0.2, 0) is 9.47 Å². The largest absolute Gasteiger partial charge is 0.382 e. The molecule has 0 aliphatic carbocycles. The number of ether oxygens (including phenoxy) is 2. The smallest absolute Gasteiger partial charge is 0.0700 e. The van der Waals surface area contributed by atoms with E-state index in [1.165, 1.54) is 0 Å². The third-order valence-electron chi connectivity index (χ3n) is 0.991. The highest BCUT2D eigenvalue weighted by Crippen LogP contribution is 1.85. The molecule has 0 bridgehead atoms. The first kappa shape index (κ1) is 10.2. The van der Waals surface area contributed by atoms with Crippen molar-refractivity contribution >= 4 is 12.8 Å². The zero-order valence-corrected chi connectivity index (χ0v) is 7.43. The van der Waals surface area contributed by atoms with Gasteiger partial charge in [0, 0.05) is 13.7 Å². The summed E-state index contributed by atoms with van der Waals surface area (Å²) in [4.78, 5) is 0. The molecule has 62 valence electrons. The van der Waals surface area contributed by atoms with Crippen LogP contribution in [0.5, 0.6) is 0 Å². The van der Waals surface area contributed by atoms with Crippen LogP contribution in [0.4, 0.5) is 0 Å². The number of nitrogens with zero attached hydrogens (tertiary/aromatic N) is 1. The van der Waals surface area contributed by atoms with Gasteiger partial charge in [0.1, 0.15) is 0 Å². The topological polar surface area (TPSA) is 21.7 Å². The molecule has 0 unspecified atom stereocenters. The highest BCUT2D eigenvalue weighted by molar-refractivity contribution is 7.77. The second-order valence-electron chi connectivity index (χ2n) is 1.99. The molecule has 0 spiro atoms. The molecule has 10 heavy (non-hydrogen) atoms. The molecule has 0 aliphatic heterocycles. The first-order valence-corrected chi connectivity index (χ1v) is 3.64. The van der Waals surface area contributed by atoms with Crippen molar-refractivity contribution in [2.45, 2.75) is 0 Å². The van der Waals surface area contributed by atoms with Crippen LogP contribution in [-0.4, -0.2) is 44.8 Å². The fourth-order valence-electron chi connectivity index (χ4n) is 0.441. The van der Waals surface area contributed by atoms with Crippen LogP contribution in [0, 0.1) is 0 Å². The number of methoxy groups -OCH3 is 1. The van der Waals surface area contributed by atoms with Gasteiger partial charge in [-0.1, -0.05) is 12.8 Å². The first-order valence-electron chi connectivity index (χ1n) is 3.24. The van der Waals surface area contributed by atoms with Gasteiger partial charge in [-0.3, -0.25) is 4.31 Å². The Labute approximate surface area is 67.8 Å². The molecule has 0 aromatic carbocycles. The molecule has 0 radical (unpaired) electrons. The van der Waals surface area contributed by atoms with Gasteiger partial charge in [-0.25, -0.2) is 0 Å². The molecule has 4 heteroatoms. The van der Waals surface area contributed by atoms with Crippen LogP contribution < -0.4 is 0 Å². The van der Waals surface area contributed by atoms with Gasteiger partial charge in [-0.15, -0.1) is 0 Å². The van der Waals surface area contributed by atoms with E-state index in [4.69, 9.17) is 9.47 Å². The third-order valence-corrected chi connectivity index (χ3v) is 1.19. The standard InChI is InChI=1S/C6H15NO2S/c1-7(10)3-4-9-6-5-8-2/h10H,3-6H2,1-2H3. The van der Waals surface area contributed by atoms with Crippen molar-refractivity contribution in [3.63, 3.8) is 0 Å². The zero-order chi connectivity index (χ0) is 7.82. The van der Waals surface area contributed by atoms with E-state index in [9.17, 15) is 0 Å². The van der Waals surface area contributed by atoms with Gasteiger partial charge < -0.3 is 9.47 Å². The molecule has 3 nitrogen and oxygen atoms in total. The Morgan fingerprint density at radius 3 is 2.50 bits per heavy atom. The molecule has 0 heterocycles. The van der Waals surface area contributed by atoms with E-state index in [1.807, 2.05) is 7.05 Å². The highest BCUT2D eigenvalue weighted by Gasteiger charge is 1.89. The van der Waals surface area contributed by atoms with Gasteiger partial charge in [0.25, 0.3) is 0 Å². The Balaban J connectivity index is 2.77. The lowest BCUT2D eigenvalue weighted by molar-refractivity contribution is 0.0681. The fraction of sp³-hybridized carbons (Fsp3) is 1.00. The van der Waals surface area contributed by atoms with Crippen LogP contribution in [0.2, 0.25) is 0 Å². The fourth-order valence-corrected chi connectivity index (χ4v) is 0.523. The summed E-state index contributed by atoms with van der Waals surface area (Å²) in [5, 5.41) is 0. The molecule has 0 atom stereocenters. The summed E-state index contributed by atoms with van der Waals surface area (Å²) in [7, 11) is 3.55. The van der Waals surface area contributed by atoms with Crippen molar-refractivity contribution in [1.29, 1.82) is 0 Å². The number of rotatable bonds is 6. The molecule has 0 aliphatic rings. The normalized spacial score (nSPS) is 10.8. The average Bonchev–Trinajstić information content (AvgIpc) is 1.87. The van der Waals surface area contributed by atoms with Crippen LogP contribution in [0.25, 0.3) is 0 Å². The quantitative estimate of drug-likeness (QED) is 0.455. The Hall–Kier alpha value is 0.230. The van der Waals surface area contributed by atoms with Gasteiger partial charge in [0.05, 0.1) is 19.8 Å². The second kappa shape index (κ2) is 7.34. The lowest BCUT2D eigenvalue weighted by Crippen LogP contribution is -2.14. The molecule has 0 amide bonds. The number of hydrogen-bond donors (Lipinski definition) is 1. The first-order chi connectivity index (χ1) is 4.77. The summed E-state index contributed by atoms with van der Waals surface area (Å²) in [5.41, 5.74) is 0. The van der Waals surface area contributed by atoms with E-state index in [0.717, 1.165) is 6.54 Å². The molecule has 0 saturated carbocycles.